The van der Waals surface area contributed by atoms with Crippen LogP contribution in [0.3, 0.4) is 0 Å². The second kappa shape index (κ2) is 9.08. The molecule has 6 rings (SSSR count). The Labute approximate surface area is 217 Å². The first-order valence-corrected chi connectivity index (χ1v) is 12.0. The van der Waals surface area contributed by atoms with Gasteiger partial charge in [-0.15, -0.1) is 0 Å². The van der Waals surface area contributed by atoms with Crippen molar-refractivity contribution >= 4 is 45.2 Å². The molecule has 0 bridgehead atoms. The molecule has 0 radical (unpaired) electrons. The van der Waals surface area contributed by atoms with Gasteiger partial charge in [0.15, 0.2) is 0 Å². The zero-order valence-corrected chi connectivity index (χ0v) is 20.6. The molecule has 2 heterocycles. The number of carbonyl (C=O) groups is 2. The number of methoxy groups -OCH3 is 2. The first-order valence-electron chi connectivity index (χ1n) is 12.0. The van der Waals surface area contributed by atoms with Crippen molar-refractivity contribution in [3.05, 3.63) is 102 Å². The highest BCUT2D eigenvalue weighted by molar-refractivity contribution is 6.51. The van der Waals surface area contributed by atoms with Gasteiger partial charge in [-0.2, -0.15) is 0 Å². The molecule has 1 atom stereocenters. The standard InChI is InChI=1S/C30H23N3O5/c1-37-21-11-9-18(10-12-21)26-25(27(34)20-8-7-17-5-3-4-6-19(17)15-20)28(35)29(36)33(26)30-31-23-14-13-22(38-2)16-24(23)32-30/h3-16,26,34H,1-2H3,(H,31,32)/b27-25+. The Morgan fingerprint density at radius 3 is 2.32 bits per heavy atom. The van der Waals surface area contributed by atoms with Crippen molar-refractivity contribution in [3.63, 3.8) is 0 Å². The predicted molar refractivity (Wildman–Crippen MR) is 144 cm³/mol. The SMILES string of the molecule is COc1ccc(C2/C(=C(\O)c3ccc4ccccc4c3)C(=O)C(=O)N2c2nc3ccc(OC)cc3[nH]2)cc1. The van der Waals surface area contributed by atoms with Crippen LogP contribution in [0.4, 0.5) is 5.95 Å². The van der Waals surface area contributed by atoms with Crippen LogP contribution in [0.1, 0.15) is 17.2 Å². The molecule has 4 aromatic carbocycles. The number of carbonyl (C=O) groups excluding carboxylic acids is 2. The van der Waals surface area contributed by atoms with Gasteiger partial charge in [-0.3, -0.25) is 14.5 Å². The normalized spacial score (nSPS) is 16.9. The Morgan fingerprint density at radius 1 is 0.868 bits per heavy atom. The molecule has 1 fully saturated rings. The average molecular weight is 506 g/mol. The number of anilines is 1. The van der Waals surface area contributed by atoms with E-state index in [0.717, 1.165) is 10.8 Å². The van der Waals surface area contributed by atoms with Crippen molar-refractivity contribution < 1.29 is 24.2 Å². The van der Waals surface area contributed by atoms with Crippen LogP contribution >= 0.6 is 0 Å². The zero-order valence-electron chi connectivity index (χ0n) is 20.6. The number of hydrogen-bond acceptors (Lipinski definition) is 6. The highest BCUT2D eigenvalue weighted by atomic mass is 16.5. The summed E-state index contributed by atoms with van der Waals surface area (Å²) >= 11 is 0. The smallest absolute Gasteiger partial charge is 0.302 e. The summed E-state index contributed by atoms with van der Waals surface area (Å²) in [4.78, 5) is 36.0. The summed E-state index contributed by atoms with van der Waals surface area (Å²) in [5.41, 5.74) is 2.28. The molecule has 1 unspecified atom stereocenters. The fourth-order valence-electron chi connectivity index (χ4n) is 4.86. The molecule has 0 spiro atoms. The van der Waals surface area contributed by atoms with E-state index in [2.05, 4.69) is 9.97 Å². The highest BCUT2D eigenvalue weighted by Gasteiger charge is 2.48. The number of ketones is 1. The molecule has 2 N–H and O–H groups in total. The summed E-state index contributed by atoms with van der Waals surface area (Å²) < 4.78 is 10.6. The van der Waals surface area contributed by atoms with E-state index in [1.165, 1.54) is 4.90 Å². The minimum absolute atomic E-state index is 0.0199. The average Bonchev–Trinajstić information content (AvgIpc) is 3.49. The van der Waals surface area contributed by atoms with Gasteiger partial charge in [0, 0.05) is 11.6 Å². The van der Waals surface area contributed by atoms with E-state index in [-0.39, 0.29) is 17.3 Å². The van der Waals surface area contributed by atoms with Crippen LogP contribution in [-0.4, -0.2) is 41.0 Å². The second-order valence-corrected chi connectivity index (χ2v) is 8.95. The maximum atomic E-state index is 13.5. The van der Waals surface area contributed by atoms with Gasteiger partial charge in [-0.05, 0) is 46.7 Å². The number of hydrogen-bond donors (Lipinski definition) is 2. The van der Waals surface area contributed by atoms with Gasteiger partial charge in [0.25, 0.3) is 5.78 Å². The third-order valence-corrected chi connectivity index (χ3v) is 6.80. The Bertz CT molecular complexity index is 1750. The van der Waals surface area contributed by atoms with Gasteiger partial charge in [-0.1, -0.05) is 48.5 Å². The van der Waals surface area contributed by atoms with Gasteiger partial charge in [0.1, 0.15) is 17.3 Å². The number of H-pyrrole nitrogens is 1. The summed E-state index contributed by atoms with van der Waals surface area (Å²) in [5.74, 6) is -0.411. The minimum atomic E-state index is -0.921. The summed E-state index contributed by atoms with van der Waals surface area (Å²) in [7, 11) is 3.12. The number of amides is 1. The number of aliphatic hydroxyl groups excluding tert-OH is 1. The van der Waals surface area contributed by atoms with Crippen molar-refractivity contribution in [2.75, 3.05) is 19.1 Å². The van der Waals surface area contributed by atoms with Gasteiger partial charge in [0.05, 0.1) is 36.9 Å². The van der Waals surface area contributed by atoms with Gasteiger partial charge in [0.2, 0.25) is 5.95 Å². The van der Waals surface area contributed by atoms with Crippen LogP contribution in [0.25, 0.3) is 27.6 Å². The van der Waals surface area contributed by atoms with E-state index in [9.17, 15) is 14.7 Å². The number of Topliss-reactive ketones (excluding diaryl/α,β-unsaturated/α-hetero) is 1. The lowest BCUT2D eigenvalue weighted by atomic mass is 9.94. The summed E-state index contributed by atoms with van der Waals surface area (Å²) in [6.45, 7) is 0. The molecule has 5 aromatic rings. The largest absolute Gasteiger partial charge is 0.507 e. The molecule has 38 heavy (non-hydrogen) atoms. The fourth-order valence-corrected chi connectivity index (χ4v) is 4.86. The third-order valence-electron chi connectivity index (χ3n) is 6.80. The lowest BCUT2D eigenvalue weighted by Gasteiger charge is -2.23. The predicted octanol–water partition coefficient (Wildman–Crippen LogP) is 5.36. The Hall–Kier alpha value is -5.11. The Balaban J connectivity index is 1.55. The lowest BCUT2D eigenvalue weighted by Crippen LogP contribution is -2.30. The Kier molecular flexibility index (Phi) is 5.57. The molecular formula is C30H23N3O5. The number of nitrogens with one attached hydrogen (secondary N) is 1. The molecule has 1 aliphatic rings. The maximum absolute atomic E-state index is 13.5. The van der Waals surface area contributed by atoms with Crippen molar-refractivity contribution in [3.8, 4) is 11.5 Å². The van der Waals surface area contributed by atoms with Gasteiger partial charge < -0.3 is 19.6 Å². The van der Waals surface area contributed by atoms with Gasteiger partial charge in [-0.25, -0.2) is 4.98 Å². The summed E-state index contributed by atoms with van der Waals surface area (Å²) in [6, 6.07) is 24.5. The number of nitrogens with zero attached hydrogens (tertiary/aromatic N) is 2. The van der Waals surface area contributed by atoms with Crippen LogP contribution in [0, 0.1) is 0 Å². The number of rotatable bonds is 5. The van der Waals surface area contributed by atoms with E-state index in [1.54, 1.807) is 68.8 Å². The molecule has 1 aromatic heterocycles. The van der Waals surface area contributed by atoms with Crippen LogP contribution in [0.5, 0.6) is 11.5 Å². The molecule has 1 amide bonds. The summed E-state index contributed by atoms with van der Waals surface area (Å²) in [5, 5.41) is 13.4. The molecule has 8 heteroatoms. The van der Waals surface area contributed by atoms with Crippen molar-refractivity contribution in [2.24, 2.45) is 0 Å². The number of fused-ring (bicyclic) bond motifs is 2. The van der Waals surface area contributed by atoms with Gasteiger partial charge >= 0.3 is 5.91 Å². The first-order chi connectivity index (χ1) is 18.5. The number of imidazole rings is 1. The third kappa shape index (κ3) is 3.74. The number of aromatic nitrogens is 2. The van der Waals surface area contributed by atoms with Crippen LogP contribution < -0.4 is 14.4 Å². The van der Waals surface area contributed by atoms with Crippen molar-refractivity contribution in [1.29, 1.82) is 0 Å². The van der Waals surface area contributed by atoms with E-state index in [0.29, 0.717) is 33.7 Å². The lowest BCUT2D eigenvalue weighted by molar-refractivity contribution is -0.132. The van der Waals surface area contributed by atoms with E-state index < -0.39 is 17.7 Å². The molecule has 0 aliphatic carbocycles. The van der Waals surface area contributed by atoms with Crippen LogP contribution in [0.15, 0.2) is 90.5 Å². The van der Waals surface area contributed by atoms with Crippen molar-refractivity contribution in [1.82, 2.24) is 9.97 Å². The molecule has 188 valence electrons. The zero-order chi connectivity index (χ0) is 26.4. The first kappa shape index (κ1) is 23.3. The molecule has 0 saturated carbocycles. The number of aromatic amines is 1. The molecule has 8 nitrogen and oxygen atoms in total. The molecule has 1 aliphatic heterocycles. The van der Waals surface area contributed by atoms with E-state index in [4.69, 9.17) is 9.47 Å². The molecule has 1 saturated heterocycles. The fraction of sp³-hybridized carbons (Fsp3) is 0.100. The Morgan fingerprint density at radius 2 is 1.58 bits per heavy atom. The number of aliphatic hydroxyl groups is 1. The van der Waals surface area contributed by atoms with E-state index >= 15 is 0 Å². The monoisotopic (exact) mass is 505 g/mol. The summed E-state index contributed by atoms with van der Waals surface area (Å²) in [6.07, 6.45) is 0. The molecular weight excluding hydrogens is 482 g/mol. The maximum Gasteiger partial charge on any atom is 0.302 e. The van der Waals surface area contributed by atoms with Crippen molar-refractivity contribution in [2.45, 2.75) is 6.04 Å². The topological polar surface area (TPSA) is 105 Å². The quantitative estimate of drug-likeness (QED) is 0.189. The second-order valence-electron chi connectivity index (χ2n) is 8.95. The highest BCUT2D eigenvalue weighted by Crippen LogP contribution is 2.42. The van der Waals surface area contributed by atoms with E-state index in [1.807, 2.05) is 30.3 Å². The van der Waals surface area contributed by atoms with Crippen LogP contribution in [0.2, 0.25) is 0 Å². The minimum Gasteiger partial charge on any atom is -0.507 e. The van der Waals surface area contributed by atoms with Crippen LogP contribution in [-0.2, 0) is 9.59 Å². The number of benzene rings is 4. The number of ether oxygens (including phenoxy) is 2.